The third-order valence-corrected chi connectivity index (χ3v) is 3.53. The van der Waals surface area contributed by atoms with E-state index in [4.69, 9.17) is 0 Å². The van der Waals surface area contributed by atoms with Crippen LogP contribution in [0.5, 0.6) is 0 Å². The molecule has 3 nitrogen and oxygen atoms in total. The molecule has 0 saturated carbocycles. The highest BCUT2D eigenvalue weighted by Crippen LogP contribution is 2.21. The number of halogens is 1. The fourth-order valence-electron chi connectivity index (χ4n) is 1.50. The second kappa shape index (κ2) is 7.21. The summed E-state index contributed by atoms with van der Waals surface area (Å²) in [6.45, 7) is 3.79. The minimum Gasteiger partial charge on any atom is -0.313 e. The molecule has 0 spiro atoms. The Kier molecular flexibility index (Phi) is 5.30. The molecular weight excluding hydrogens is 261 g/mol. The van der Waals surface area contributed by atoms with Crippen LogP contribution in [0.4, 0.5) is 4.39 Å². The van der Waals surface area contributed by atoms with Gasteiger partial charge in [0.05, 0.1) is 5.75 Å². The molecule has 0 aliphatic heterocycles. The third-order valence-electron chi connectivity index (χ3n) is 2.52. The van der Waals surface area contributed by atoms with Gasteiger partial charge in [-0.25, -0.2) is 14.4 Å². The summed E-state index contributed by atoms with van der Waals surface area (Å²) in [6.07, 6.45) is 3.69. The first-order valence-corrected chi connectivity index (χ1v) is 7.15. The number of nitrogens with zero attached hydrogens (tertiary/aromatic N) is 2. The van der Waals surface area contributed by atoms with Gasteiger partial charge in [0.1, 0.15) is 11.6 Å². The molecule has 1 aromatic heterocycles. The van der Waals surface area contributed by atoms with Crippen molar-refractivity contribution in [3.63, 3.8) is 0 Å². The number of hydrogen-bond acceptors (Lipinski definition) is 4. The molecule has 0 aliphatic carbocycles. The van der Waals surface area contributed by atoms with Crippen molar-refractivity contribution in [1.29, 1.82) is 0 Å². The SMILES string of the molecule is CCNCc1cnc(CSc2ccc(F)cc2)nc1. The normalized spacial score (nSPS) is 10.6. The molecule has 1 heterocycles. The lowest BCUT2D eigenvalue weighted by atomic mass is 10.3. The Hall–Kier alpha value is -1.46. The van der Waals surface area contributed by atoms with Gasteiger partial charge in [0.2, 0.25) is 0 Å². The van der Waals surface area contributed by atoms with Gasteiger partial charge in [0.25, 0.3) is 0 Å². The second-order valence-corrected chi connectivity index (χ2v) is 5.08. The van der Waals surface area contributed by atoms with Crippen molar-refractivity contribution in [2.45, 2.75) is 24.1 Å². The van der Waals surface area contributed by atoms with Crippen molar-refractivity contribution in [2.24, 2.45) is 0 Å². The molecule has 2 rings (SSSR count). The van der Waals surface area contributed by atoms with Crippen molar-refractivity contribution in [3.8, 4) is 0 Å². The summed E-state index contributed by atoms with van der Waals surface area (Å²) >= 11 is 1.60. The van der Waals surface area contributed by atoms with Crippen molar-refractivity contribution < 1.29 is 4.39 Å². The van der Waals surface area contributed by atoms with E-state index < -0.39 is 0 Å². The Bertz CT molecular complexity index is 499. The van der Waals surface area contributed by atoms with Crippen LogP contribution < -0.4 is 5.32 Å². The highest BCUT2D eigenvalue weighted by atomic mass is 32.2. The van der Waals surface area contributed by atoms with Crippen LogP contribution in [-0.2, 0) is 12.3 Å². The predicted octanol–water partition coefficient (Wildman–Crippen LogP) is 3.02. The first-order chi connectivity index (χ1) is 9.28. The Morgan fingerprint density at radius 2 is 1.84 bits per heavy atom. The van der Waals surface area contributed by atoms with Crippen LogP contribution in [0.1, 0.15) is 18.3 Å². The molecule has 0 unspecified atom stereocenters. The van der Waals surface area contributed by atoms with Gasteiger partial charge in [-0.3, -0.25) is 0 Å². The lowest BCUT2D eigenvalue weighted by Crippen LogP contribution is -2.12. The number of aromatic nitrogens is 2. The maximum Gasteiger partial charge on any atom is 0.138 e. The number of benzene rings is 1. The van der Waals surface area contributed by atoms with Gasteiger partial charge in [-0.05, 0) is 30.8 Å². The second-order valence-electron chi connectivity index (χ2n) is 4.03. The monoisotopic (exact) mass is 277 g/mol. The quantitative estimate of drug-likeness (QED) is 0.824. The van der Waals surface area contributed by atoms with Crippen LogP contribution in [0.2, 0.25) is 0 Å². The van der Waals surface area contributed by atoms with E-state index >= 15 is 0 Å². The highest BCUT2D eigenvalue weighted by Gasteiger charge is 2.00. The van der Waals surface area contributed by atoms with E-state index in [0.717, 1.165) is 29.4 Å². The molecule has 0 fully saturated rings. The molecule has 0 aliphatic rings. The molecular formula is C14H16FN3S. The maximum absolute atomic E-state index is 12.8. The number of rotatable bonds is 6. The summed E-state index contributed by atoms with van der Waals surface area (Å²) in [5, 5.41) is 3.23. The van der Waals surface area contributed by atoms with Gasteiger partial charge >= 0.3 is 0 Å². The van der Waals surface area contributed by atoms with Crippen molar-refractivity contribution in [1.82, 2.24) is 15.3 Å². The van der Waals surface area contributed by atoms with Gasteiger partial charge in [-0.2, -0.15) is 0 Å². The van der Waals surface area contributed by atoms with Gasteiger partial charge in [0, 0.05) is 29.4 Å². The molecule has 0 atom stereocenters. The lowest BCUT2D eigenvalue weighted by molar-refractivity contribution is 0.626. The van der Waals surface area contributed by atoms with Crippen LogP contribution in [0, 0.1) is 5.82 Å². The van der Waals surface area contributed by atoms with Gasteiger partial charge in [0.15, 0.2) is 0 Å². The van der Waals surface area contributed by atoms with Gasteiger partial charge in [-0.1, -0.05) is 6.92 Å². The van der Waals surface area contributed by atoms with Gasteiger partial charge in [-0.15, -0.1) is 11.8 Å². The maximum atomic E-state index is 12.8. The molecule has 0 saturated heterocycles. The van der Waals surface area contributed by atoms with Crippen LogP contribution in [-0.4, -0.2) is 16.5 Å². The van der Waals surface area contributed by atoms with E-state index in [1.165, 1.54) is 12.1 Å². The summed E-state index contributed by atoms with van der Waals surface area (Å²) in [4.78, 5) is 9.65. The Labute approximate surface area is 116 Å². The van der Waals surface area contributed by atoms with E-state index in [1.807, 2.05) is 12.4 Å². The fraction of sp³-hybridized carbons (Fsp3) is 0.286. The third kappa shape index (κ3) is 4.61. The Morgan fingerprint density at radius 1 is 1.16 bits per heavy atom. The fourth-order valence-corrected chi connectivity index (χ4v) is 2.27. The van der Waals surface area contributed by atoms with Gasteiger partial charge < -0.3 is 5.32 Å². The zero-order valence-electron chi connectivity index (χ0n) is 10.8. The van der Waals surface area contributed by atoms with Crippen LogP contribution in [0.25, 0.3) is 0 Å². The first kappa shape index (κ1) is 14.0. The molecule has 0 bridgehead atoms. The van der Waals surface area contributed by atoms with E-state index in [1.54, 1.807) is 23.9 Å². The zero-order chi connectivity index (χ0) is 13.5. The standard InChI is InChI=1S/C14H16FN3S/c1-2-16-7-11-8-17-14(18-9-11)10-19-13-5-3-12(15)4-6-13/h3-6,8-9,16H,2,7,10H2,1H3. The topological polar surface area (TPSA) is 37.8 Å². The van der Waals surface area contributed by atoms with Crippen molar-refractivity contribution >= 4 is 11.8 Å². The molecule has 19 heavy (non-hydrogen) atoms. The molecule has 1 N–H and O–H groups in total. The zero-order valence-corrected chi connectivity index (χ0v) is 11.6. The Morgan fingerprint density at radius 3 is 2.47 bits per heavy atom. The summed E-state index contributed by atoms with van der Waals surface area (Å²) in [5.74, 6) is 1.26. The van der Waals surface area contributed by atoms with E-state index in [0.29, 0.717) is 5.75 Å². The average Bonchev–Trinajstić information content (AvgIpc) is 2.46. The number of hydrogen-bond donors (Lipinski definition) is 1. The molecule has 100 valence electrons. The summed E-state index contributed by atoms with van der Waals surface area (Å²) in [6, 6.07) is 6.45. The minimum atomic E-state index is -0.214. The first-order valence-electron chi connectivity index (χ1n) is 6.17. The summed E-state index contributed by atoms with van der Waals surface area (Å²) in [5.41, 5.74) is 1.08. The Balaban J connectivity index is 1.87. The van der Waals surface area contributed by atoms with E-state index in [2.05, 4.69) is 22.2 Å². The summed E-state index contributed by atoms with van der Waals surface area (Å²) < 4.78 is 12.8. The molecule has 0 amide bonds. The van der Waals surface area contributed by atoms with Crippen LogP contribution >= 0.6 is 11.8 Å². The van der Waals surface area contributed by atoms with Crippen molar-refractivity contribution in [3.05, 3.63) is 53.9 Å². The van der Waals surface area contributed by atoms with Crippen molar-refractivity contribution in [2.75, 3.05) is 6.54 Å². The van der Waals surface area contributed by atoms with Crippen LogP contribution in [0.3, 0.4) is 0 Å². The molecule has 5 heteroatoms. The number of thioether (sulfide) groups is 1. The highest BCUT2D eigenvalue weighted by molar-refractivity contribution is 7.98. The predicted molar refractivity (Wildman–Crippen MR) is 75.4 cm³/mol. The van der Waals surface area contributed by atoms with E-state index in [-0.39, 0.29) is 5.82 Å². The average molecular weight is 277 g/mol. The minimum absolute atomic E-state index is 0.214. The molecule has 1 aromatic carbocycles. The smallest absolute Gasteiger partial charge is 0.138 e. The summed E-state index contributed by atoms with van der Waals surface area (Å²) in [7, 11) is 0. The molecule has 0 radical (unpaired) electrons. The lowest BCUT2D eigenvalue weighted by Gasteiger charge is -2.03. The number of nitrogens with one attached hydrogen (secondary N) is 1. The van der Waals surface area contributed by atoms with Crippen LogP contribution in [0.15, 0.2) is 41.6 Å². The van der Waals surface area contributed by atoms with E-state index in [9.17, 15) is 4.39 Å². The largest absolute Gasteiger partial charge is 0.313 e. The molecule has 2 aromatic rings.